The summed E-state index contributed by atoms with van der Waals surface area (Å²) in [4.78, 5) is 0. The Labute approximate surface area is 97.7 Å². The first-order chi connectivity index (χ1) is 7.70. The van der Waals surface area contributed by atoms with Crippen molar-refractivity contribution in [1.82, 2.24) is 0 Å². The first-order valence-corrected chi connectivity index (χ1v) is 5.04. The Morgan fingerprint density at radius 3 is 2.56 bits per heavy atom. The van der Waals surface area contributed by atoms with Crippen molar-refractivity contribution in [1.29, 1.82) is 5.26 Å². The van der Waals surface area contributed by atoms with E-state index in [0.29, 0.717) is 10.6 Å². The third kappa shape index (κ3) is 2.05. The van der Waals surface area contributed by atoms with E-state index >= 15 is 0 Å². The van der Waals surface area contributed by atoms with Crippen LogP contribution in [-0.2, 0) is 0 Å². The Bertz CT molecular complexity index is 572. The maximum atomic E-state index is 13.2. The third-order valence-corrected chi connectivity index (χ3v) is 2.54. The number of rotatable bonds is 1. The van der Waals surface area contributed by atoms with E-state index in [4.69, 9.17) is 16.9 Å². The van der Waals surface area contributed by atoms with Gasteiger partial charge in [-0.1, -0.05) is 29.8 Å². The summed E-state index contributed by atoms with van der Waals surface area (Å²) in [6.45, 7) is 0. The van der Waals surface area contributed by atoms with Crippen molar-refractivity contribution in [2.45, 2.75) is 0 Å². The minimum Gasteiger partial charge on any atom is -0.207 e. The van der Waals surface area contributed by atoms with Gasteiger partial charge in [-0.3, -0.25) is 0 Å². The molecule has 2 aromatic rings. The number of halogens is 2. The van der Waals surface area contributed by atoms with E-state index in [9.17, 15) is 4.39 Å². The second kappa shape index (κ2) is 4.34. The molecule has 0 aliphatic carbocycles. The van der Waals surface area contributed by atoms with Gasteiger partial charge in [0.2, 0.25) is 0 Å². The van der Waals surface area contributed by atoms with Crippen LogP contribution >= 0.6 is 11.6 Å². The lowest BCUT2D eigenvalue weighted by Gasteiger charge is -2.04. The highest BCUT2D eigenvalue weighted by molar-refractivity contribution is 6.33. The van der Waals surface area contributed by atoms with Gasteiger partial charge >= 0.3 is 0 Å². The summed E-state index contributed by atoms with van der Waals surface area (Å²) in [6, 6.07) is 13.2. The number of hydrogen-bond donors (Lipinski definition) is 0. The highest BCUT2D eigenvalue weighted by Gasteiger charge is 2.05. The fraction of sp³-hybridized carbons (Fsp3) is 0. The van der Waals surface area contributed by atoms with Crippen molar-refractivity contribution in [2.75, 3.05) is 0 Å². The second-order valence-corrected chi connectivity index (χ2v) is 3.73. The van der Waals surface area contributed by atoms with E-state index in [0.717, 1.165) is 5.56 Å². The first-order valence-electron chi connectivity index (χ1n) is 4.66. The topological polar surface area (TPSA) is 23.8 Å². The van der Waals surface area contributed by atoms with Gasteiger partial charge in [0.15, 0.2) is 0 Å². The predicted octanol–water partition coefficient (Wildman–Crippen LogP) is 4.02. The Kier molecular flexibility index (Phi) is 2.89. The van der Waals surface area contributed by atoms with Crippen LogP contribution in [0.25, 0.3) is 11.1 Å². The molecule has 0 saturated heterocycles. The van der Waals surface area contributed by atoms with Gasteiger partial charge in [0.25, 0.3) is 0 Å². The molecule has 0 aliphatic rings. The predicted molar refractivity (Wildman–Crippen MR) is 61.6 cm³/mol. The zero-order valence-electron chi connectivity index (χ0n) is 8.24. The standard InChI is InChI=1S/C13H7ClFN/c14-13-4-2-1-3-12(13)10-5-9(8-16)6-11(15)7-10/h1-7H. The average molecular weight is 232 g/mol. The molecule has 0 spiro atoms. The highest BCUT2D eigenvalue weighted by Crippen LogP contribution is 2.28. The van der Waals surface area contributed by atoms with E-state index < -0.39 is 5.82 Å². The van der Waals surface area contributed by atoms with Gasteiger partial charge in [0.1, 0.15) is 5.82 Å². The Morgan fingerprint density at radius 1 is 1.12 bits per heavy atom. The highest BCUT2D eigenvalue weighted by atomic mass is 35.5. The molecular formula is C13H7ClFN. The first kappa shape index (κ1) is 10.7. The van der Waals surface area contributed by atoms with Gasteiger partial charge in [-0.25, -0.2) is 4.39 Å². The molecule has 16 heavy (non-hydrogen) atoms. The molecule has 0 aromatic heterocycles. The average Bonchev–Trinajstić information content (AvgIpc) is 2.28. The zero-order valence-corrected chi connectivity index (χ0v) is 9.00. The molecule has 78 valence electrons. The van der Waals surface area contributed by atoms with Crippen LogP contribution in [0.15, 0.2) is 42.5 Å². The van der Waals surface area contributed by atoms with Crippen LogP contribution in [0.5, 0.6) is 0 Å². The minimum absolute atomic E-state index is 0.287. The lowest BCUT2D eigenvalue weighted by Crippen LogP contribution is -1.84. The fourth-order valence-electron chi connectivity index (χ4n) is 1.51. The van der Waals surface area contributed by atoms with Crippen LogP contribution in [0.3, 0.4) is 0 Å². The second-order valence-electron chi connectivity index (χ2n) is 3.32. The van der Waals surface area contributed by atoms with E-state index in [1.807, 2.05) is 12.1 Å². The molecule has 2 rings (SSSR count). The number of benzene rings is 2. The summed E-state index contributed by atoms with van der Waals surface area (Å²) in [7, 11) is 0. The van der Waals surface area contributed by atoms with Crippen LogP contribution in [-0.4, -0.2) is 0 Å². The lowest BCUT2D eigenvalue weighted by atomic mass is 10.0. The molecule has 0 bridgehead atoms. The van der Waals surface area contributed by atoms with E-state index in [1.165, 1.54) is 12.1 Å². The van der Waals surface area contributed by atoms with E-state index in [-0.39, 0.29) is 5.56 Å². The van der Waals surface area contributed by atoms with Gasteiger partial charge in [0, 0.05) is 10.6 Å². The third-order valence-electron chi connectivity index (χ3n) is 2.21. The molecule has 0 heterocycles. The summed E-state index contributed by atoms with van der Waals surface area (Å²) < 4.78 is 13.2. The lowest BCUT2D eigenvalue weighted by molar-refractivity contribution is 0.628. The minimum atomic E-state index is -0.436. The fourth-order valence-corrected chi connectivity index (χ4v) is 1.75. The summed E-state index contributed by atoms with van der Waals surface area (Å²) in [6.07, 6.45) is 0. The Hall–Kier alpha value is -1.85. The summed E-state index contributed by atoms with van der Waals surface area (Å²) in [5.74, 6) is -0.436. The van der Waals surface area contributed by atoms with Crippen molar-refractivity contribution in [3.05, 3.63) is 58.9 Å². The molecule has 0 amide bonds. The molecule has 0 radical (unpaired) electrons. The van der Waals surface area contributed by atoms with E-state index in [1.54, 1.807) is 24.3 Å². The molecule has 0 fully saturated rings. The van der Waals surface area contributed by atoms with Crippen LogP contribution in [0.2, 0.25) is 5.02 Å². The molecule has 0 atom stereocenters. The van der Waals surface area contributed by atoms with E-state index in [2.05, 4.69) is 0 Å². The number of hydrogen-bond acceptors (Lipinski definition) is 1. The van der Waals surface area contributed by atoms with Crippen LogP contribution in [0.1, 0.15) is 5.56 Å². The quantitative estimate of drug-likeness (QED) is 0.727. The smallest absolute Gasteiger partial charge is 0.125 e. The van der Waals surface area contributed by atoms with Gasteiger partial charge < -0.3 is 0 Å². The Morgan fingerprint density at radius 2 is 1.88 bits per heavy atom. The van der Waals surface area contributed by atoms with Crippen molar-refractivity contribution in [3.63, 3.8) is 0 Å². The van der Waals surface area contributed by atoms with Crippen molar-refractivity contribution in [3.8, 4) is 17.2 Å². The monoisotopic (exact) mass is 231 g/mol. The van der Waals surface area contributed by atoms with Crippen LogP contribution < -0.4 is 0 Å². The maximum Gasteiger partial charge on any atom is 0.125 e. The zero-order chi connectivity index (χ0) is 11.5. The molecule has 2 aromatic carbocycles. The molecule has 0 aliphatic heterocycles. The summed E-state index contributed by atoms with van der Waals surface area (Å²) in [5.41, 5.74) is 1.62. The molecular weight excluding hydrogens is 225 g/mol. The van der Waals surface area contributed by atoms with Gasteiger partial charge in [-0.05, 0) is 29.8 Å². The van der Waals surface area contributed by atoms with Gasteiger partial charge in [-0.2, -0.15) is 5.26 Å². The largest absolute Gasteiger partial charge is 0.207 e. The molecule has 0 unspecified atom stereocenters. The van der Waals surface area contributed by atoms with Gasteiger partial charge in [-0.15, -0.1) is 0 Å². The van der Waals surface area contributed by atoms with Crippen molar-refractivity contribution >= 4 is 11.6 Å². The summed E-state index contributed by atoms with van der Waals surface area (Å²) in [5, 5.41) is 9.29. The van der Waals surface area contributed by atoms with Gasteiger partial charge in [0.05, 0.1) is 11.6 Å². The Balaban J connectivity index is 2.61. The number of nitriles is 1. The normalized spacial score (nSPS) is 9.81. The van der Waals surface area contributed by atoms with Crippen molar-refractivity contribution in [2.24, 2.45) is 0 Å². The summed E-state index contributed by atoms with van der Waals surface area (Å²) >= 11 is 6.00. The molecule has 3 heteroatoms. The van der Waals surface area contributed by atoms with Crippen molar-refractivity contribution < 1.29 is 4.39 Å². The molecule has 1 nitrogen and oxygen atoms in total. The molecule has 0 N–H and O–H groups in total. The van der Waals surface area contributed by atoms with Crippen LogP contribution in [0.4, 0.5) is 4.39 Å². The SMILES string of the molecule is N#Cc1cc(F)cc(-c2ccccc2Cl)c1. The maximum absolute atomic E-state index is 13.2. The number of nitrogens with zero attached hydrogens (tertiary/aromatic N) is 1. The molecule has 0 saturated carbocycles. The van der Waals surface area contributed by atoms with Crippen LogP contribution in [0, 0.1) is 17.1 Å².